The highest BCUT2D eigenvalue weighted by Gasteiger charge is 2.28. The van der Waals surface area contributed by atoms with Gasteiger partial charge in [0.1, 0.15) is 12.4 Å². The number of nitrogens with zero attached hydrogens (tertiary/aromatic N) is 2. The fraction of sp³-hybridized carbons (Fsp3) is 0.667. The molecule has 0 radical (unpaired) electrons. The lowest BCUT2D eigenvalue weighted by molar-refractivity contribution is -0.148. The van der Waals surface area contributed by atoms with E-state index in [4.69, 9.17) is 14.6 Å². The van der Waals surface area contributed by atoms with Gasteiger partial charge in [-0.15, -0.1) is 0 Å². The normalized spacial score (nSPS) is 21.1. The van der Waals surface area contributed by atoms with Crippen LogP contribution in [0.4, 0.5) is 0 Å². The van der Waals surface area contributed by atoms with E-state index in [1.807, 2.05) is 17.7 Å². The SMILES string of the molecule is Cc1nccn1CCCC(=O)N[C@@H]1COCC[C@@H]1OCC(=O)O. The van der Waals surface area contributed by atoms with Crippen LogP contribution >= 0.6 is 0 Å². The lowest BCUT2D eigenvalue weighted by Gasteiger charge is -2.31. The molecule has 0 saturated carbocycles. The zero-order valence-corrected chi connectivity index (χ0v) is 13.2. The molecule has 2 atom stereocenters. The van der Waals surface area contributed by atoms with E-state index in [0.29, 0.717) is 32.5 Å². The van der Waals surface area contributed by atoms with Gasteiger partial charge in [-0.2, -0.15) is 0 Å². The summed E-state index contributed by atoms with van der Waals surface area (Å²) in [6, 6.07) is -0.300. The molecule has 0 spiro atoms. The number of carboxylic acid groups (broad SMARTS) is 1. The predicted octanol–water partition coefficient (Wildman–Crippen LogP) is 0.347. The lowest BCUT2D eigenvalue weighted by atomic mass is 10.1. The second-order valence-corrected chi connectivity index (χ2v) is 5.55. The van der Waals surface area contributed by atoms with Crippen molar-refractivity contribution < 1.29 is 24.2 Å². The van der Waals surface area contributed by atoms with Crippen LogP contribution < -0.4 is 5.32 Å². The molecule has 0 aliphatic carbocycles. The third-order valence-corrected chi connectivity index (χ3v) is 3.79. The second kappa shape index (κ2) is 8.64. The summed E-state index contributed by atoms with van der Waals surface area (Å²) in [5.74, 6) is -0.173. The maximum atomic E-state index is 12.0. The van der Waals surface area contributed by atoms with E-state index in [1.54, 1.807) is 6.20 Å². The van der Waals surface area contributed by atoms with Crippen LogP contribution in [0.2, 0.25) is 0 Å². The Balaban J connectivity index is 1.73. The van der Waals surface area contributed by atoms with Crippen LogP contribution in [0.1, 0.15) is 25.1 Å². The number of carbonyl (C=O) groups excluding carboxylic acids is 1. The quantitative estimate of drug-likeness (QED) is 0.715. The number of ether oxygens (including phenoxy) is 2. The topological polar surface area (TPSA) is 103 Å². The minimum atomic E-state index is -1.02. The van der Waals surface area contributed by atoms with Gasteiger partial charge >= 0.3 is 5.97 Å². The molecule has 128 valence electrons. The number of rotatable bonds is 8. The second-order valence-electron chi connectivity index (χ2n) is 5.55. The van der Waals surface area contributed by atoms with Crippen LogP contribution in [0.5, 0.6) is 0 Å². The molecule has 0 bridgehead atoms. The van der Waals surface area contributed by atoms with Crippen LogP contribution in [-0.2, 0) is 25.6 Å². The molecule has 8 nitrogen and oxygen atoms in total. The predicted molar refractivity (Wildman–Crippen MR) is 80.9 cm³/mol. The van der Waals surface area contributed by atoms with Crippen molar-refractivity contribution in [3.63, 3.8) is 0 Å². The first-order chi connectivity index (χ1) is 11.1. The van der Waals surface area contributed by atoms with E-state index < -0.39 is 5.97 Å². The summed E-state index contributed by atoms with van der Waals surface area (Å²) >= 11 is 0. The third kappa shape index (κ3) is 5.65. The largest absolute Gasteiger partial charge is 0.480 e. The fourth-order valence-electron chi connectivity index (χ4n) is 2.56. The van der Waals surface area contributed by atoms with Crippen molar-refractivity contribution in [2.45, 2.75) is 44.9 Å². The van der Waals surface area contributed by atoms with Crippen molar-refractivity contribution in [2.75, 3.05) is 19.8 Å². The molecule has 1 saturated heterocycles. The van der Waals surface area contributed by atoms with Gasteiger partial charge in [-0.1, -0.05) is 0 Å². The van der Waals surface area contributed by atoms with Crippen molar-refractivity contribution in [3.05, 3.63) is 18.2 Å². The maximum Gasteiger partial charge on any atom is 0.329 e. The van der Waals surface area contributed by atoms with E-state index in [-0.39, 0.29) is 24.7 Å². The number of carboxylic acids is 1. The molecule has 1 amide bonds. The maximum absolute atomic E-state index is 12.0. The van der Waals surface area contributed by atoms with Gasteiger partial charge in [-0.3, -0.25) is 4.79 Å². The van der Waals surface area contributed by atoms with E-state index >= 15 is 0 Å². The number of aromatic nitrogens is 2. The zero-order valence-electron chi connectivity index (χ0n) is 13.2. The molecule has 0 aromatic carbocycles. The van der Waals surface area contributed by atoms with Gasteiger partial charge in [-0.25, -0.2) is 9.78 Å². The summed E-state index contributed by atoms with van der Waals surface area (Å²) in [5, 5.41) is 11.6. The number of aliphatic carboxylic acids is 1. The highest BCUT2D eigenvalue weighted by molar-refractivity contribution is 5.76. The molecule has 1 aromatic heterocycles. The Morgan fingerprint density at radius 3 is 3.09 bits per heavy atom. The van der Waals surface area contributed by atoms with Gasteiger partial charge in [0.25, 0.3) is 0 Å². The van der Waals surface area contributed by atoms with Gasteiger partial charge in [0.15, 0.2) is 0 Å². The van der Waals surface area contributed by atoms with Gasteiger partial charge in [-0.05, 0) is 19.8 Å². The Hall–Kier alpha value is -1.93. The van der Waals surface area contributed by atoms with Crippen LogP contribution in [0, 0.1) is 6.92 Å². The summed E-state index contributed by atoms with van der Waals surface area (Å²) in [6.45, 7) is 3.15. The van der Waals surface area contributed by atoms with Gasteiger partial charge < -0.3 is 24.5 Å². The number of hydrogen-bond acceptors (Lipinski definition) is 5. The van der Waals surface area contributed by atoms with Crippen molar-refractivity contribution in [1.82, 2.24) is 14.9 Å². The molecular formula is C15H23N3O5. The summed E-state index contributed by atoms with van der Waals surface area (Å²) in [5.41, 5.74) is 0. The first-order valence-electron chi connectivity index (χ1n) is 7.74. The molecule has 2 heterocycles. The summed E-state index contributed by atoms with van der Waals surface area (Å²) < 4.78 is 12.7. The van der Waals surface area contributed by atoms with Crippen molar-refractivity contribution >= 4 is 11.9 Å². The van der Waals surface area contributed by atoms with E-state index in [9.17, 15) is 9.59 Å². The molecule has 1 aliphatic heterocycles. The van der Waals surface area contributed by atoms with E-state index in [2.05, 4.69) is 10.3 Å². The molecule has 8 heteroatoms. The molecule has 23 heavy (non-hydrogen) atoms. The Bertz CT molecular complexity index is 531. The average molecular weight is 325 g/mol. The number of imidazole rings is 1. The molecule has 1 fully saturated rings. The van der Waals surface area contributed by atoms with Gasteiger partial charge in [0.2, 0.25) is 5.91 Å². The highest BCUT2D eigenvalue weighted by Crippen LogP contribution is 2.12. The van der Waals surface area contributed by atoms with Crippen molar-refractivity contribution in [3.8, 4) is 0 Å². The first-order valence-corrected chi connectivity index (χ1v) is 7.74. The zero-order chi connectivity index (χ0) is 16.7. The van der Waals surface area contributed by atoms with Crippen LogP contribution in [0.3, 0.4) is 0 Å². The minimum Gasteiger partial charge on any atom is -0.480 e. The molecular weight excluding hydrogens is 302 g/mol. The summed E-state index contributed by atoms with van der Waals surface area (Å²) in [7, 11) is 0. The van der Waals surface area contributed by atoms with Crippen LogP contribution in [0.25, 0.3) is 0 Å². The Morgan fingerprint density at radius 1 is 1.57 bits per heavy atom. The lowest BCUT2D eigenvalue weighted by Crippen LogP contribution is -2.51. The van der Waals surface area contributed by atoms with Crippen LogP contribution in [0.15, 0.2) is 12.4 Å². The van der Waals surface area contributed by atoms with Gasteiger partial charge in [0.05, 0.1) is 18.8 Å². The molecule has 0 unspecified atom stereocenters. The van der Waals surface area contributed by atoms with E-state index in [0.717, 1.165) is 12.4 Å². The minimum absolute atomic E-state index is 0.0813. The van der Waals surface area contributed by atoms with Crippen molar-refractivity contribution in [1.29, 1.82) is 0 Å². The number of carbonyl (C=O) groups is 2. The highest BCUT2D eigenvalue weighted by atomic mass is 16.5. The standard InChI is InChI=1S/C15H23N3O5/c1-11-16-5-7-18(11)6-2-3-14(19)17-12-9-22-8-4-13(12)23-10-15(20)21/h5,7,12-13H,2-4,6,8-10H2,1H3,(H,17,19)(H,20,21)/t12-,13+/m1/s1. The smallest absolute Gasteiger partial charge is 0.329 e. The summed E-state index contributed by atoms with van der Waals surface area (Å²) in [6.07, 6.45) is 4.97. The molecule has 2 rings (SSSR count). The summed E-state index contributed by atoms with van der Waals surface area (Å²) in [4.78, 5) is 26.8. The fourth-order valence-corrected chi connectivity index (χ4v) is 2.56. The number of nitrogens with one attached hydrogen (secondary N) is 1. The van der Waals surface area contributed by atoms with Crippen molar-refractivity contribution in [2.24, 2.45) is 0 Å². The molecule has 1 aliphatic rings. The molecule has 1 aromatic rings. The number of amides is 1. The van der Waals surface area contributed by atoms with E-state index in [1.165, 1.54) is 0 Å². The third-order valence-electron chi connectivity index (χ3n) is 3.79. The van der Waals surface area contributed by atoms with Gasteiger partial charge in [0, 0.05) is 32.0 Å². The van der Waals surface area contributed by atoms with Crippen LogP contribution in [-0.4, -0.2) is 58.5 Å². The average Bonchev–Trinajstić information content (AvgIpc) is 2.92. The molecule has 2 N–H and O–H groups in total. The first kappa shape index (κ1) is 17.4. The Morgan fingerprint density at radius 2 is 2.39 bits per heavy atom. The number of hydrogen-bond donors (Lipinski definition) is 2. The Kier molecular flexibility index (Phi) is 6.54. The Labute approximate surface area is 134 Å². The number of aryl methyl sites for hydroxylation is 2. The monoisotopic (exact) mass is 325 g/mol.